The van der Waals surface area contributed by atoms with Gasteiger partial charge in [-0.2, -0.15) is 12.8 Å². The van der Waals surface area contributed by atoms with E-state index in [1.165, 1.54) is 37.5 Å². The second kappa shape index (κ2) is 5.72. The lowest BCUT2D eigenvalue weighted by molar-refractivity contribution is -0.110. The molecule has 0 heterocycles. The third-order valence-electron chi connectivity index (χ3n) is 2.50. The van der Waals surface area contributed by atoms with Crippen molar-refractivity contribution in [2.75, 3.05) is 7.11 Å². The number of rotatable bonds is 3. The molecule has 0 fully saturated rings. The van der Waals surface area contributed by atoms with Crippen molar-refractivity contribution in [1.82, 2.24) is 0 Å². The van der Waals surface area contributed by atoms with E-state index in [9.17, 15) is 13.2 Å². The molecule has 1 aliphatic carbocycles. The van der Waals surface area contributed by atoms with Crippen molar-refractivity contribution in [2.24, 2.45) is 4.40 Å². The number of carbonyl (C=O) groups excluding carboxylic acids is 1. The Kier molecular flexibility index (Phi) is 4.20. The summed E-state index contributed by atoms with van der Waals surface area (Å²) in [5.41, 5.74) is 0.187. The minimum absolute atomic E-state index is 0.0561. The summed E-state index contributed by atoms with van der Waals surface area (Å²) in [6, 6.07) is 5.90. The molecule has 7 heteroatoms. The molecule has 0 amide bonds. The van der Waals surface area contributed by atoms with Gasteiger partial charge < -0.3 is 4.74 Å². The van der Waals surface area contributed by atoms with Crippen LogP contribution in [-0.4, -0.2) is 27.0 Å². The summed E-state index contributed by atoms with van der Waals surface area (Å²) in [5.74, 6) is 0.327. The molecule has 0 aromatic heterocycles. The van der Waals surface area contributed by atoms with Crippen LogP contribution in [0.2, 0.25) is 0 Å². The first-order valence-electron chi connectivity index (χ1n) is 5.51. The van der Waals surface area contributed by atoms with Gasteiger partial charge in [0.25, 0.3) is 10.0 Å². The van der Waals surface area contributed by atoms with Crippen molar-refractivity contribution in [2.45, 2.75) is 4.90 Å². The Bertz CT molecular complexity index is 730. The third-order valence-corrected chi connectivity index (χ3v) is 4.44. The molecule has 104 valence electrons. The molecule has 0 unspecified atom stereocenters. The smallest absolute Gasteiger partial charge is 0.282 e. The SMILES string of the molecule is COc1ccc(S(=O)(=O)/N=C2/C=CC(=O)C(Br)=C2)cc1. The van der Waals surface area contributed by atoms with Crippen LogP contribution in [0.15, 0.2) is 56.3 Å². The van der Waals surface area contributed by atoms with Crippen LogP contribution in [0.5, 0.6) is 5.75 Å². The van der Waals surface area contributed by atoms with Gasteiger partial charge in [0, 0.05) is 0 Å². The molecule has 0 saturated heterocycles. The van der Waals surface area contributed by atoms with Crippen LogP contribution in [0.25, 0.3) is 0 Å². The lowest BCUT2D eigenvalue weighted by atomic mass is 10.2. The first-order valence-corrected chi connectivity index (χ1v) is 7.74. The number of benzene rings is 1. The van der Waals surface area contributed by atoms with Gasteiger partial charge in [0.15, 0.2) is 5.78 Å². The van der Waals surface area contributed by atoms with Crippen molar-refractivity contribution in [3.63, 3.8) is 0 Å². The van der Waals surface area contributed by atoms with Gasteiger partial charge in [-0.1, -0.05) is 0 Å². The molecule has 5 nitrogen and oxygen atoms in total. The largest absolute Gasteiger partial charge is 0.497 e. The van der Waals surface area contributed by atoms with Crippen LogP contribution >= 0.6 is 15.9 Å². The van der Waals surface area contributed by atoms with Crippen molar-refractivity contribution < 1.29 is 17.9 Å². The summed E-state index contributed by atoms with van der Waals surface area (Å²) in [4.78, 5) is 11.3. The molecule has 0 bridgehead atoms. The molecule has 1 aliphatic rings. The fourth-order valence-electron chi connectivity index (χ4n) is 1.49. The van der Waals surface area contributed by atoms with E-state index >= 15 is 0 Å². The minimum Gasteiger partial charge on any atom is -0.497 e. The number of ketones is 1. The molecule has 0 N–H and O–H groups in total. The zero-order valence-corrected chi connectivity index (χ0v) is 12.8. The molecule has 0 atom stereocenters. The van der Waals surface area contributed by atoms with E-state index < -0.39 is 10.0 Å². The number of hydrogen-bond donors (Lipinski definition) is 0. The predicted molar refractivity (Wildman–Crippen MR) is 78.8 cm³/mol. The highest BCUT2D eigenvalue weighted by molar-refractivity contribution is 9.12. The topological polar surface area (TPSA) is 72.8 Å². The molecule has 20 heavy (non-hydrogen) atoms. The molecule has 0 saturated carbocycles. The Balaban J connectivity index is 2.36. The van der Waals surface area contributed by atoms with Crippen molar-refractivity contribution in [1.29, 1.82) is 0 Å². The van der Waals surface area contributed by atoms with Crippen LogP contribution in [0.4, 0.5) is 0 Å². The van der Waals surface area contributed by atoms with E-state index in [0.29, 0.717) is 5.75 Å². The maximum absolute atomic E-state index is 12.1. The zero-order chi connectivity index (χ0) is 14.8. The molecule has 1 aromatic rings. The van der Waals surface area contributed by atoms with Crippen molar-refractivity contribution in [3.05, 3.63) is 47.0 Å². The average Bonchev–Trinajstić information content (AvgIpc) is 2.43. The molecule has 0 aliphatic heterocycles. The lowest BCUT2D eigenvalue weighted by Gasteiger charge is -2.04. The minimum atomic E-state index is -3.82. The Labute approximate surface area is 124 Å². The van der Waals surface area contributed by atoms with Crippen LogP contribution < -0.4 is 4.74 Å². The third kappa shape index (κ3) is 3.23. The molecular formula is C13H10BrNO4S. The summed E-state index contributed by atoms with van der Waals surface area (Å²) < 4.78 is 33.1. The first-order chi connectivity index (χ1) is 9.42. The summed E-state index contributed by atoms with van der Waals surface area (Å²) in [5, 5.41) is 0. The van der Waals surface area contributed by atoms with Crippen LogP contribution in [0.1, 0.15) is 0 Å². The van der Waals surface area contributed by atoms with Crippen molar-refractivity contribution in [3.8, 4) is 5.75 Å². The first kappa shape index (κ1) is 14.7. The number of carbonyl (C=O) groups is 1. The van der Waals surface area contributed by atoms with Gasteiger partial charge in [-0.05, 0) is 58.4 Å². The number of nitrogens with zero attached hydrogens (tertiary/aromatic N) is 1. The Morgan fingerprint density at radius 3 is 2.35 bits per heavy atom. The zero-order valence-electron chi connectivity index (χ0n) is 10.4. The highest BCUT2D eigenvalue weighted by Gasteiger charge is 2.15. The molecule has 0 radical (unpaired) electrons. The highest BCUT2D eigenvalue weighted by atomic mass is 79.9. The maximum Gasteiger partial charge on any atom is 0.282 e. The number of allylic oxidation sites excluding steroid dienone is 4. The van der Waals surface area contributed by atoms with Gasteiger partial charge in [0.1, 0.15) is 5.75 Å². The summed E-state index contributed by atoms with van der Waals surface area (Å²) in [7, 11) is -2.33. The van der Waals surface area contributed by atoms with Gasteiger partial charge in [-0.25, -0.2) is 0 Å². The van der Waals surface area contributed by atoms with E-state index in [4.69, 9.17) is 4.74 Å². The highest BCUT2D eigenvalue weighted by Crippen LogP contribution is 2.19. The van der Waals surface area contributed by atoms with Gasteiger partial charge in [-0.3, -0.25) is 4.79 Å². The Morgan fingerprint density at radius 2 is 1.80 bits per heavy atom. The maximum atomic E-state index is 12.1. The van der Waals surface area contributed by atoms with E-state index in [1.807, 2.05) is 0 Å². The second-order valence-electron chi connectivity index (χ2n) is 3.86. The van der Waals surface area contributed by atoms with Crippen molar-refractivity contribution >= 4 is 37.4 Å². The van der Waals surface area contributed by atoms with E-state index in [-0.39, 0.29) is 20.9 Å². The fourth-order valence-corrected chi connectivity index (χ4v) is 2.83. The average molecular weight is 356 g/mol. The van der Waals surface area contributed by atoms with Gasteiger partial charge >= 0.3 is 0 Å². The number of ether oxygens (including phenoxy) is 1. The summed E-state index contributed by atoms with van der Waals surface area (Å²) >= 11 is 3.04. The Morgan fingerprint density at radius 1 is 1.15 bits per heavy atom. The normalized spacial score (nSPS) is 17.2. The van der Waals surface area contributed by atoms with E-state index in [0.717, 1.165) is 0 Å². The summed E-state index contributed by atoms with van der Waals surface area (Å²) in [6.45, 7) is 0. The summed E-state index contributed by atoms with van der Waals surface area (Å²) in [6.07, 6.45) is 3.98. The lowest BCUT2D eigenvalue weighted by Crippen LogP contribution is -2.07. The van der Waals surface area contributed by atoms with Crippen LogP contribution in [0.3, 0.4) is 0 Å². The number of methoxy groups -OCH3 is 1. The number of hydrogen-bond acceptors (Lipinski definition) is 4. The molecule has 0 spiro atoms. The monoisotopic (exact) mass is 355 g/mol. The quantitative estimate of drug-likeness (QED) is 0.779. The standard InChI is InChI=1S/C13H10BrNO4S/c1-19-10-3-5-11(6-4-10)20(17,18)15-9-2-7-13(16)12(14)8-9/h2-8H,1H3/b15-9-. The van der Waals surface area contributed by atoms with E-state index in [1.54, 1.807) is 12.1 Å². The van der Waals surface area contributed by atoms with Crippen LogP contribution in [-0.2, 0) is 14.8 Å². The van der Waals surface area contributed by atoms with Gasteiger partial charge in [-0.15, -0.1) is 0 Å². The Hall–Kier alpha value is -1.73. The fraction of sp³-hybridized carbons (Fsp3) is 0.0769. The number of halogens is 1. The van der Waals surface area contributed by atoms with Crippen LogP contribution in [0, 0.1) is 0 Å². The predicted octanol–water partition coefficient (Wildman–Crippen LogP) is 2.24. The van der Waals surface area contributed by atoms with Gasteiger partial charge in [0.2, 0.25) is 0 Å². The van der Waals surface area contributed by atoms with Gasteiger partial charge in [0.05, 0.1) is 22.2 Å². The van der Waals surface area contributed by atoms with E-state index in [2.05, 4.69) is 20.3 Å². The molecule has 1 aromatic carbocycles. The molecular weight excluding hydrogens is 346 g/mol. The second-order valence-corrected chi connectivity index (χ2v) is 6.32. The number of sulfonamides is 1. The molecule has 2 rings (SSSR count).